The molecule has 0 saturated heterocycles. The summed E-state index contributed by atoms with van der Waals surface area (Å²) in [6, 6.07) is 7.69. The molecule has 0 atom stereocenters. The SMILES string of the molecule is COc1cccc(C=NCC(OC)OC)c1. The molecule has 4 heteroatoms. The summed E-state index contributed by atoms with van der Waals surface area (Å²) < 4.78 is 15.2. The molecule has 0 amide bonds. The lowest BCUT2D eigenvalue weighted by molar-refractivity contribution is -0.0936. The normalized spacial score (nSPS) is 11.2. The average Bonchev–Trinajstić information content (AvgIpc) is 2.35. The van der Waals surface area contributed by atoms with Crippen molar-refractivity contribution in [3.8, 4) is 5.75 Å². The number of hydrogen-bond donors (Lipinski definition) is 0. The minimum atomic E-state index is -0.290. The van der Waals surface area contributed by atoms with Crippen molar-refractivity contribution in [2.75, 3.05) is 27.9 Å². The highest BCUT2D eigenvalue weighted by atomic mass is 16.7. The molecule has 1 aromatic rings. The Balaban J connectivity index is 2.55. The van der Waals surface area contributed by atoms with Crippen molar-refractivity contribution in [3.05, 3.63) is 29.8 Å². The van der Waals surface area contributed by atoms with E-state index in [4.69, 9.17) is 14.2 Å². The number of methoxy groups -OCH3 is 3. The lowest BCUT2D eigenvalue weighted by Gasteiger charge is -2.09. The highest BCUT2D eigenvalue weighted by Gasteiger charge is 2.01. The van der Waals surface area contributed by atoms with Crippen LogP contribution in [0.2, 0.25) is 0 Å². The van der Waals surface area contributed by atoms with Gasteiger partial charge in [-0.15, -0.1) is 0 Å². The number of aliphatic imine (C=N–C) groups is 1. The minimum absolute atomic E-state index is 0.290. The molecule has 0 aliphatic carbocycles. The molecule has 0 aliphatic rings. The van der Waals surface area contributed by atoms with Gasteiger partial charge in [-0.2, -0.15) is 0 Å². The molecule has 0 spiro atoms. The Morgan fingerprint density at radius 1 is 1.25 bits per heavy atom. The quantitative estimate of drug-likeness (QED) is 0.544. The zero-order valence-corrected chi connectivity index (χ0v) is 9.84. The van der Waals surface area contributed by atoms with E-state index in [1.165, 1.54) is 0 Å². The van der Waals surface area contributed by atoms with Gasteiger partial charge in [0.05, 0.1) is 13.7 Å². The van der Waals surface area contributed by atoms with Gasteiger partial charge in [-0.05, 0) is 17.7 Å². The van der Waals surface area contributed by atoms with Gasteiger partial charge >= 0.3 is 0 Å². The number of nitrogens with zero attached hydrogens (tertiary/aromatic N) is 1. The molecule has 0 aliphatic heterocycles. The second kappa shape index (κ2) is 6.98. The van der Waals surface area contributed by atoms with Gasteiger partial charge < -0.3 is 14.2 Å². The Hall–Kier alpha value is -1.39. The largest absolute Gasteiger partial charge is 0.497 e. The van der Waals surface area contributed by atoms with E-state index in [-0.39, 0.29) is 6.29 Å². The third kappa shape index (κ3) is 4.00. The number of ether oxygens (including phenoxy) is 3. The second-order valence-electron chi connectivity index (χ2n) is 3.17. The summed E-state index contributed by atoms with van der Waals surface area (Å²) in [4.78, 5) is 4.23. The Bertz CT molecular complexity index is 335. The van der Waals surface area contributed by atoms with Crippen LogP contribution in [0.1, 0.15) is 5.56 Å². The molecular weight excluding hydrogens is 206 g/mol. The Morgan fingerprint density at radius 3 is 2.62 bits per heavy atom. The molecule has 4 nitrogen and oxygen atoms in total. The summed E-state index contributed by atoms with van der Waals surface area (Å²) in [5.41, 5.74) is 0.991. The summed E-state index contributed by atoms with van der Waals surface area (Å²) in [5, 5.41) is 0. The third-order valence-electron chi connectivity index (χ3n) is 2.11. The van der Waals surface area contributed by atoms with E-state index in [1.807, 2.05) is 24.3 Å². The van der Waals surface area contributed by atoms with Gasteiger partial charge in [-0.3, -0.25) is 4.99 Å². The van der Waals surface area contributed by atoms with Crippen LogP contribution in [0.15, 0.2) is 29.3 Å². The Morgan fingerprint density at radius 2 is 2.00 bits per heavy atom. The van der Waals surface area contributed by atoms with E-state index in [9.17, 15) is 0 Å². The molecule has 0 heterocycles. The van der Waals surface area contributed by atoms with Crippen molar-refractivity contribution in [2.45, 2.75) is 6.29 Å². The van der Waals surface area contributed by atoms with E-state index in [0.29, 0.717) is 6.54 Å². The van der Waals surface area contributed by atoms with Crippen LogP contribution >= 0.6 is 0 Å². The van der Waals surface area contributed by atoms with Crippen molar-refractivity contribution < 1.29 is 14.2 Å². The molecule has 0 bridgehead atoms. The van der Waals surface area contributed by atoms with Gasteiger partial charge in [-0.25, -0.2) is 0 Å². The predicted octanol–water partition coefficient (Wildman–Crippen LogP) is 1.73. The molecule has 0 aromatic heterocycles. The standard InChI is InChI=1S/C12H17NO3/c1-14-11-6-4-5-10(7-11)8-13-9-12(15-2)16-3/h4-8,12H,9H2,1-3H3. The van der Waals surface area contributed by atoms with Crippen molar-refractivity contribution in [2.24, 2.45) is 4.99 Å². The third-order valence-corrected chi connectivity index (χ3v) is 2.11. The topological polar surface area (TPSA) is 40.0 Å². The molecular formula is C12H17NO3. The van der Waals surface area contributed by atoms with E-state index in [0.717, 1.165) is 11.3 Å². The Kier molecular flexibility index (Phi) is 5.53. The van der Waals surface area contributed by atoms with Crippen molar-refractivity contribution in [3.63, 3.8) is 0 Å². The van der Waals surface area contributed by atoms with E-state index < -0.39 is 0 Å². The second-order valence-corrected chi connectivity index (χ2v) is 3.17. The first-order valence-corrected chi connectivity index (χ1v) is 4.99. The molecule has 16 heavy (non-hydrogen) atoms. The monoisotopic (exact) mass is 223 g/mol. The molecule has 0 saturated carbocycles. The van der Waals surface area contributed by atoms with Crippen LogP contribution in [0.25, 0.3) is 0 Å². The maximum Gasteiger partial charge on any atom is 0.176 e. The van der Waals surface area contributed by atoms with Crippen LogP contribution in [0.4, 0.5) is 0 Å². The highest BCUT2D eigenvalue weighted by molar-refractivity contribution is 5.80. The summed E-state index contributed by atoms with van der Waals surface area (Å²) in [6.45, 7) is 0.476. The molecule has 0 fully saturated rings. The van der Waals surface area contributed by atoms with Gasteiger partial charge in [0.1, 0.15) is 5.75 Å². The van der Waals surface area contributed by atoms with Crippen molar-refractivity contribution >= 4 is 6.21 Å². The number of hydrogen-bond acceptors (Lipinski definition) is 4. The van der Waals surface area contributed by atoms with Gasteiger partial charge in [0.2, 0.25) is 0 Å². The lowest BCUT2D eigenvalue weighted by Crippen LogP contribution is -2.16. The average molecular weight is 223 g/mol. The summed E-state index contributed by atoms with van der Waals surface area (Å²) in [6.07, 6.45) is 1.48. The smallest absolute Gasteiger partial charge is 0.176 e. The van der Waals surface area contributed by atoms with E-state index >= 15 is 0 Å². The van der Waals surface area contributed by atoms with Crippen LogP contribution in [0, 0.1) is 0 Å². The zero-order chi connectivity index (χ0) is 11.8. The van der Waals surface area contributed by atoms with Gasteiger partial charge in [0, 0.05) is 20.4 Å². The van der Waals surface area contributed by atoms with Crippen LogP contribution in [0.3, 0.4) is 0 Å². The number of rotatable bonds is 6. The van der Waals surface area contributed by atoms with Crippen LogP contribution in [0.5, 0.6) is 5.75 Å². The minimum Gasteiger partial charge on any atom is -0.497 e. The fraction of sp³-hybridized carbons (Fsp3) is 0.417. The fourth-order valence-corrected chi connectivity index (χ4v) is 1.21. The molecule has 1 rings (SSSR count). The van der Waals surface area contributed by atoms with Crippen LogP contribution < -0.4 is 4.74 Å². The van der Waals surface area contributed by atoms with Gasteiger partial charge in [0.15, 0.2) is 6.29 Å². The lowest BCUT2D eigenvalue weighted by atomic mass is 10.2. The maximum absolute atomic E-state index is 5.11. The first kappa shape index (κ1) is 12.7. The summed E-state index contributed by atoms with van der Waals surface area (Å²) in [7, 11) is 4.83. The predicted molar refractivity (Wildman–Crippen MR) is 63.3 cm³/mol. The van der Waals surface area contributed by atoms with E-state index in [1.54, 1.807) is 27.5 Å². The highest BCUT2D eigenvalue weighted by Crippen LogP contribution is 2.10. The van der Waals surface area contributed by atoms with Gasteiger partial charge in [-0.1, -0.05) is 12.1 Å². The molecule has 0 unspecified atom stereocenters. The fourth-order valence-electron chi connectivity index (χ4n) is 1.21. The Labute approximate surface area is 95.9 Å². The molecule has 0 radical (unpaired) electrons. The molecule has 88 valence electrons. The molecule has 1 aromatic carbocycles. The number of benzene rings is 1. The van der Waals surface area contributed by atoms with E-state index in [2.05, 4.69) is 4.99 Å². The zero-order valence-electron chi connectivity index (χ0n) is 9.84. The summed E-state index contributed by atoms with van der Waals surface area (Å²) >= 11 is 0. The maximum atomic E-state index is 5.11. The first-order valence-electron chi connectivity index (χ1n) is 4.99. The molecule has 0 N–H and O–H groups in total. The van der Waals surface area contributed by atoms with Crippen LogP contribution in [-0.4, -0.2) is 40.4 Å². The summed E-state index contributed by atoms with van der Waals surface area (Å²) in [5.74, 6) is 0.819. The first-order chi connectivity index (χ1) is 7.80. The van der Waals surface area contributed by atoms with Crippen molar-refractivity contribution in [1.82, 2.24) is 0 Å². The van der Waals surface area contributed by atoms with Crippen LogP contribution in [-0.2, 0) is 9.47 Å². The van der Waals surface area contributed by atoms with Gasteiger partial charge in [0.25, 0.3) is 0 Å². The van der Waals surface area contributed by atoms with Crippen molar-refractivity contribution in [1.29, 1.82) is 0 Å².